The third-order valence-corrected chi connectivity index (χ3v) is 4.35. The van der Waals surface area contributed by atoms with Crippen molar-refractivity contribution in [3.8, 4) is 5.69 Å². The second kappa shape index (κ2) is 6.22. The van der Waals surface area contributed by atoms with Gasteiger partial charge in [0.25, 0.3) is 0 Å². The largest absolute Gasteiger partial charge is 0.248 e. The zero-order valence-electron chi connectivity index (χ0n) is 11.7. The Morgan fingerprint density at radius 1 is 1.19 bits per heavy atom. The van der Waals surface area contributed by atoms with Crippen LogP contribution in [-0.2, 0) is 6.54 Å². The van der Waals surface area contributed by atoms with Crippen LogP contribution in [0.5, 0.6) is 0 Å². The van der Waals surface area contributed by atoms with Crippen LogP contribution in [0.3, 0.4) is 0 Å². The summed E-state index contributed by atoms with van der Waals surface area (Å²) >= 11 is 3.59. The number of hydrogen-bond acceptors (Lipinski definition) is 3. The summed E-state index contributed by atoms with van der Waals surface area (Å²) in [4.78, 5) is 0.262. The van der Waals surface area contributed by atoms with Crippen LogP contribution in [0.15, 0.2) is 48.9 Å². The second-order valence-electron chi connectivity index (χ2n) is 4.85. The summed E-state index contributed by atoms with van der Waals surface area (Å²) in [5.74, 6) is 0. The molecule has 0 fully saturated rings. The van der Waals surface area contributed by atoms with Gasteiger partial charge in [-0.1, -0.05) is 46.3 Å². The number of hydrogen-bond donors (Lipinski definition) is 0. The maximum atomic E-state index is 4.39. The molecule has 0 N–H and O–H groups in total. The van der Waals surface area contributed by atoms with Crippen molar-refractivity contribution in [1.82, 2.24) is 24.8 Å². The lowest BCUT2D eigenvalue weighted by Gasteiger charge is -2.00. The number of alkyl halides is 1. The van der Waals surface area contributed by atoms with Crippen molar-refractivity contribution in [3.05, 3.63) is 60.2 Å². The van der Waals surface area contributed by atoms with E-state index in [0.717, 1.165) is 23.4 Å². The quantitative estimate of drug-likeness (QED) is 0.666. The molecule has 0 amide bonds. The Morgan fingerprint density at radius 3 is 2.76 bits per heavy atom. The normalized spacial score (nSPS) is 12.5. The molecule has 2 aromatic heterocycles. The van der Waals surface area contributed by atoms with Crippen LogP contribution in [0, 0.1) is 0 Å². The molecule has 21 heavy (non-hydrogen) atoms. The molecule has 1 atom stereocenters. The second-order valence-corrected chi connectivity index (χ2v) is 5.95. The highest BCUT2D eigenvalue weighted by atomic mass is 79.9. The molecule has 0 spiro atoms. The van der Waals surface area contributed by atoms with Crippen molar-refractivity contribution in [2.24, 2.45) is 0 Å². The number of rotatable bonds is 5. The third kappa shape index (κ3) is 3.21. The van der Waals surface area contributed by atoms with Gasteiger partial charge in [0.05, 0.1) is 29.0 Å². The molecule has 6 heteroatoms. The zero-order valence-corrected chi connectivity index (χ0v) is 13.3. The highest BCUT2D eigenvalue weighted by Gasteiger charge is 2.10. The summed E-state index contributed by atoms with van der Waals surface area (Å²) in [5.41, 5.74) is 3.11. The van der Waals surface area contributed by atoms with Crippen molar-refractivity contribution in [2.75, 3.05) is 0 Å². The van der Waals surface area contributed by atoms with E-state index in [9.17, 15) is 0 Å². The minimum absolute atomic E-state index is 0.262. The lowest BCUT2D eigenvalue weighted by atomic mass is 10.3. The van der Waals surface area contributed by atoms with E-state index in [4.69, 9.17) is 0 Å². The summed E-state index contributed by atoms with van der Waals surface area (Å²) in [5, 5.41) is 12.7. The molecule has 0 aliphatic carbocycles. The van der Waals surface area contributed by atoms with Crippen LogP contribution < -0.4 is 0 Å². The van der Waals surface area contributed by atoms with E-state index in [0.29, 0.717) is 6.54 Å². The molecule has 0 aliphatic heterocycles. The molecule has 3 rings (SSSR count). The summed E-state index contributed by atoms with van der Waals surface area (Å²) in [7, 11) is 0. The Morgan fingerprint density at radius 2 is 2.00 bits per heavy atom. The molecule has 3 aromatic rings. The Kier molecular flexibility index (Phi) is 4.15. The Hall–Kier alpha value is -1.95. The summed E-state index contributed by atoms with van der Waals surface area (Å²) in [6, 6.07) is 10.1. The molecule has 0 aliphatic rings. The standard InChI is InChI=1S/C15H16BrN5/c1-2-14(16)15-11-20(19-18-15)9-12-8-17-21(10-12)13-6-4-3-5-7-13/h3-8,10-11,14H,2,9H2,1H3. The molecular formula is C15H16BrN5. The molecule has 5 nitrogen and oxygen atoms in total. The van der Waals surface area contributed by atoms with E-state index in [1.165, 1.54) is 0 Å². The lowest BCUT2D eigenvalue weighted by molar-refractivity contribution is 0.649. The Labute approximate surface area is 131 Å². The number of para-hydroxylation sites is 1. The third-order valence-electron chi connectivity index (χ3n) is 3.24. The van der Waals surface area contributed by atoms with Gasteiger partial charge in [-0.25, -0.2) is 9.36 Å². The maximum Gasteiger partial charge on any atom is 0.0963 e. The number of aromatic nitrogens is 5. The molecule has 108 valence electrons. The number of nitrogens with zero attached hydrogens (tertiary/aromatic N) is 5. The summed E-state index contributed by atoms with van der Waals surface area (Å²) in [6.07, 6.45) is 6.84. The van der Waals surface area contributed by atoms with Gasteiger partial charge >= 0.3 is 0 Å². The van der Waals surface area contributed by atoms with E-state index >= 15 is 0 Å². The average Bonchev–Trinajstić information content (AvgIpc) is 3.17. The predicted molar refractivity (Wildman–Crippen MR) is 84.6 cm³/mol. The van der Waals surface area contributed by atoms with Crippen molar-refractivity contribution < 1.29 is 0 Å². The van der Waals surface area contributed by atoms with Gasteiger partial charge in [-0.05, 0) is 18.6 Å². The highest BCUT2D eigenvalue weighted by molar-refractivity contribution is 9.09. The van der Waals surface area contributed by atoms with Gasteiger partial charge in [-0.3, -0.25) is 0 Å². The fraction of sp³-hybridized carbons (Fsp3) is 0.267. The maximum absolute atomic E-state index is 4.39. The van der Waals surface area contributed by atoms with E-state index in [-0.39, 0.29) is 4.83 Å². The molecule has 1 unspecified atom stereocenters. The Bertz CT molecular complexity index is 704. The van der Waals surface area contributed by atoms with Crippen molar-refractivity contribution in [3.63, 3.8) is 0 Å². The van der Waals surface area contributed by atoms with Gasteiger partial charge in [0.2, 0.25) is 0 Å². The van der Waals surface area contributed by atoms with Crippen molar-refractivity contribution in [1.29, 1.82) is 0 Å². The predicted octanol–water partition coefficient (Wildman–Crippen LogP) is 3.36. The van der Waals surface area contributed by atoms with Crippen LogP contribution in [0.4, 0.5) is 0 Å². The van der Waals surface area contributed by atoms with Crippen LogP contribution in [0.2, 0.25) is 0 Å². The first-order valence-electron chi connectivity index (χ1n) is 6.89. The van der Waals surface area contributed by atoms with Crippen LogP contribution in [0.25, 0.3) is 5.69 Å². The fourth-order valence-corrected chi connectivity index (χ4v) is 2.30. The molecule has 2 heterocycles. The van der Waals surface area contributed by atoms with Crippen LogP contribution in [-0.4, -0.2) is 24.8 Å². The average molecular weight is 346 g/mol. The van der Waals surface area contributed by atoms with Gasteiger partial charge in [-0.2, -0.15) is 5.10 Å². The van der Waals surface area contributed by atoms with Gasteiger partial charge in [-0.15, -0.1) is 5.10 Å². The monoisotopic (exact) mass is 345 g/mol. The molecule has 0 bridgehead atoms. The SMILES string of the molecule is CCC(Br)c1cn(Cc2cnn(-c3ccccc3)c2)nn1. The van der Waals surface area contributed by atoms with Crippen LogP contribution >= 0.6 is 15.9 Å². The fourth-order valence-electron chi connectivity index (χ4n) is 2.09. The van der Waals surface area contributed by atoms with Crippen molar-refractivity contribution in [2.45, 2.75) is 24.7 Å². The number of benzene rings is 1. The van der Waals surface area contributed by atoms with E-state index in [1.54, 1.807) is 0 Å². The summed E-state index contributed by atoms with van der Waals surface area (Å²) < 4.78 is 3.71. The minimum atomic E-state index is 0.262. The number of halogens is 1. The van der Waals surface area contributed by atoms with E-state index in [2.05, 4.69) is 38.3 Å². The van der Waals surface area contributed by atoms with Gasteiger partial charge in [0, 0.05) is 18.0 Å². The first-order valence-corrected chi connectivity index (χ1v) is 7.81. The zero-order chi connectivity index (χ0) is 14.7. The van der Waals surface area contributed by atoms with E-state index in [1.807, 2.05) is 58.3 Å². The first-order chi connectivity index (χ1) is 10.3. The summed E-state index contributed by atoms with van der Waals surface area (Å²) in [6.45, 7) is 2.78. The van der Waals surface area contributed by atoms with Gasteiger partial charge in [0.15, 0.2) is 0 Å². The van der Waals surface area contributed by atoms with Crippen LogP contribution in [0.1, 0.15) is 29.4 Å². The highest BCUT2D eigenvalue weighted by Crippen LogP contribution is 2.23. The topological polar surface area (TPSA) is 48.5 Å². The van der Waals surface area contributed by atoms with E-state index < -0.39 is 0 Å². The van der Waals surface area contributed by atoms with Gasteiger partial charge < -0.3 is 0 Å². The smallest absolute Gasteiger partial charge is 0.0963 e. The van der Waals surface area contributed by atoms with Gasteiger partial charge in [0.1, 0.15) is 0 Å². The first kappa shape index (κ1) is 14.0. The molecule has 0 saturated carbocycles. The minimum Gasteiger partial charge on any atom is -0.248 e. The molecule has 0 radical (unpaired) electrons. The molecular weight excluding hydrogens is 330 g/mol. The molecule has 1 aromatic carbocycles. The lowest BCUT2D eigenvalue weighted by Crippen LogP contribution is -1.99. The van der Waals surface area contributed by atoms with Crippen molar-refractivity contribution >= 4 is 15.9 Å². The Balaban J connectivity index is 1.74. The molecule has 0 saturated heterocycles.